The van der Waals surface area contributed by atoms with Crippen LogP contribution < -0.4 is 19.5 Å². The predicted molar refractivity (Wildman–Crippen MR) is 92.8 cm³/mol. The highest BCUT2D eigenvalue weighted by atomic mass is 16.5. The van der Waals surface area contributed by atoms with Gasteiger partial charge in [0.2, 0.25) is 5.91 Å². The van der Waals surface area contributed by atoms with Crippen molar-refractivity contribution in [1.82, 2.24) is 5.32 Å². The summed E-state index contributed by atoms with van der Waals surface area (Å²) in [7, 11) is 4.78. The second-order valence-corrected chi connectivity index (χ2v) is 5.39. The molecule has 0 radical (unpaired) electrons. The largest absolute Gasteiger partial charge is 0.496 e. The van der Waals surface area contributed by atoms with Gasteiger partial charge in [-0.3, -0.25) is 4.79 Å². The van der Waals surface area contributed by atoms with E-state index in [1.54, 1.807) is 21.3 Å². The lowest BCUT2D eigenvalue weighted by Crippen LogP contribution is -2.28. The number of methoxy groups -OCH3 is 3. The lowest BCUT2D eigenvalue weighted by Gasteiger charge is -2.17. The normalized spacial score (nSPS) is 11.5. The van der Waals surface area contributed by atoms with Crippen LogP contribution in [0.2, 0.25) is 0 Å². The van der Waals surface area contributed by atoms with Gasteiger partial charge in [0.1, 0.15) is 5.75 Å². The number of rotatable bonds is 7. The zero-order valence-corrected chi connectivity index (χ0v) is 14.5. The Morgan fingerprint density at radius 1 is 0.958 bits per heavy atom. The van der Waals surface area contributed by atoms with E-state index in [0.717, 1.165) is 11.1 Å². The molecule has 0 heterocycles. The topological polar surface area (TPSA) is 56.8 Å². The molecular formula is C19H23NO4. The first-order valence-electron chi connectivity index (χ1n) is 7.72. The third-order valence-corrected chi connectivity index (χ3v) is 3.83. The lowest BCUT2D eigenvalue weighted by atomic mass is 10.1. The van der Waals surface area contributed by atoms with Gasteiger partial charge < -0.3 is 19.5 Å². The molecule has 2 rings (SSSR count). The van der Waals surface area contributed by atoms with Crippen LogP contribution in [-0.2, 0) is 11.2 Å². The van der Waals surface area contributed by atoms with E-state index in [4.69, 9.17) is 14.2 Å². The summed E-state index contributed by atoms with van der Waals surface area (Å²) in [5.74, 6) is 1.95. The van der Waals surface area contributed by atoms with Crippen LogP contribution in [0.4, 0.5) is 0 Å². The Labute approximate surface area is 142 Å². The second kappa shape index (κ2) is 8.24. The van der Waals surface area contributed by atoms with Crippen molar-refractivity contribution in [2.24, 2.45) is 0 Å². The fourth-order valence-corrected chi connectivity index (χ4v) is 2.52. The summed E-state index contributed by atoms with van der Waals surface area (Å²) in [5.41, 5.74) is 1.80. The quantitative estimate of drug-likeness (QED) is 0.848. The van der Waals surface area contributed by atoms with E-state index in [1.807, 2.05) is 49.4 Å². The molecule has 0 spiro atoms. The van der Waals surface area contributed by atoms with Crippen LogP contribution >= 0.6 is 0 Å². The van der Waals surface area contributed by atoms with Crippen molar-refractivity contribution in [2.75, 3.05) is 21.3 Å². The molecule has 0 aliphatic rings. The van der Waals surface area contributed by atoms with Crippen LogP contribution in [0.1, 0.15) is 24.1 Å². The Morgan fingerprint density at radius 3 is 2.29 bits per heavy atom. The van der Waals surface area contributed by atoms with Crippen LogP contribution in [0.25, 0.3) is 0 Å². The lowest BCUT2D eigenvalue weighted by molar-refractivity contribution is -0.121. The minimum absolute atomic E-state index is 0.0678. The summed E-state index contributed by atoms with van der Waals surface area (Å²) in [6.45, 7) is 1.93. The number of hydrogen-bond acceptors (Lipinski definition) is 4. The maximum atomic E-state index is 12.3. The monoisotopic (exact) mass is 329 g/mol. The molecule has 2 aromatic carbocycles. The smallest absolute Gasteiger partial charge is 0.225 e. The average Bonchev–Trinajstić information content (AvgIpc) is 2.61. The molecule has 0 unspecified atom stereocenters. The summed E-state index contributed by atoms with van der Waals surface area (Å²) in [6.07, 6.45) is 0.266. The fraction of sp³-hybridized carbons (Fsp3) is 0.316. The number of hydrogen-bond donors (Lipinski definition) is 1. The van der Waals surface area contributed by atoms with Crippen molar-refractivity contribution in [3.05, 3.63) is 53.6 Å². The summed E-state index contributed by atoms with van der Waals surface area (Å²) in [5, 5.41) is 2.99. The minimum atomic E-state index is -0.146. The third kappa shape index (κ3) is 4.19. The van der Waals surface area contributed by atoms with E-state index in [1.165, 1.54) is 0 Å². The Balaban J connectivity index is 2.06. The van der Waals surface area contributed by atoms with Crippen LogP contribution in [0.15, 0.2) is 42.5 Å². The van der Waals surface area contributed by atoms with Gasteiger partial charge >= 0.3 is 0 Å². The zero-order valence-electron chi connectivity index (χ0n) is 14.5. The number of carbonyl (C=O) groups is 1. The first kappa shape index (κ1) is 17.7. The SMILES string of the molecule is COc1ccccc1CC(=O)N[C@@H](C)c1ccc(OC)c(OC)c1. The number of amides is 1. The van der Waals surface area contributed by atoms with Crippen LogP contribution in [-0.4, -0.2) is 27.2 Å². The fourth-order valence-electron chi connectivity index (χ4n) is 2.52. The van der Waals surface area contributed by atoms with Gasteiger partial charge in [-0.1, -0.05) is 24.3 Å². The molecule has 1 N–H and O–H groups in total. The highest BCUT2D eigenvalue weighted by Crippen LogP contribution is 2.30. The molecule has 0 fully saturated rings. The van der Waals surface area contributed by atoms with Crippen molar-refractivity contribution in [3.8, 4) is 17.2 Å². The predicted octanol–water partition coefficient (Wildman–Crippen LogP) is 3.13. The van der Waals surface area contributed by atoms with Gasteiger partial charge in [-0.2, -0.15) is 0 Å². The van der Waals surface area contributed by atoms with Gasteiger partial charge in [-0.25, -0.2) is 0 Å². The second-order valence-electron chi connectivity index (χ2n) is 5.39. The third-order valence-electron chi connectivity index (χ3n) is 3.83. The van der Waals surface area contributed by atoms with Gasteiger partial charge in [-0.05, 0) is 30.7 Å². The number of benzene rings is 2. The van der Waals surface area contributed by atoms with E-state index in [9.17, 15) is 4.79 Å². The van der Waals surface area contributed by atoms with Crippen molar-refractivity contribution in [2.45, 2.75) is 19.4 Å². The van der Waals surface area contributed by atoms with E-state index in [0.29, 0.717) is 17.2 Å². The molecule has 5 nitrogen and oxygen atoms in total. The molecule has 1 amide bonds. The average molecular weight is 329 g/mol. The maximum Gasteiger partial charge on any atom is 0.225 e. The Kier molecular flexibility index (Phi) is 6.07. The number of para-hydroxylation sites is 1. The van der Waals surface area contributed by atoms with Crippen molar-refractivity contribution in [3.63, 3.8) is 0 Å². The molecule has 5 heteroatoms. The standard InChI is InChI=1S/C19H23NO4/c1-13(14-9-10-17(23-3)18(11-14)24-4)20-19(21)12-15-7-5-6-8-16(15)22-2/h5-11,13H,12H2,1-4H3,(H,20,21)/t13-/m0/s1. The summed E-state index contributed by atoms with van der Waals surface area (Å²) < 4.78 is 15.8. The molecular weight excluding hydrogens is 306 g/mol. The van der Waals surface area contributed by atoms with Crippen molar-refractivity contribution >= 4 is 5.91 Å². The van der Waals surface area contributed by atoms with Gasteiger partial charge in [0.05, 0.1) is 33.8 Å². The molecule has 0 aliphatic carbocycles. The van der Waals surface area contributed by atoms with E-state index >= 15 is 0 Å². The van der Waals surface area contributed by atoms with Gasteiger partial charge in [0, 0.05) is 5.56 Å². The zero-order chi connectivity index (χ0) is 17.5. The Bertz CT molecular complexity index is 700. The highest BCUT2D eigenvalue weighted by molar-refractivity contribution is 5.79. The van der Waals surface area contributed by atoms with Crippen LogP contribution in [0.3, 0.4) is 0 Å². The van der Waals surface area contributed by atoms with Gasteiger partial charge in [0.25, 0.3) is 0 Å². The molecule has 0 aromatic heterocycles. The van der Waals surface area contributed by atoms with Gasteiger partial charge in [-0.15, -0.1) is 0 Å². The molecule has 0 bridgehead atoms. The van der Waals surface area contributed by atoms with E-state index < -0.39 is 0 Å². The number of carbonyl (C=O) groups excluding carboxylic acids is 1. The van der Waals surface area contributed by atoms with Crippen LogP contribution in [0.5, 0.6) is 17.2 Å². The molecule has 128 valence electrons. The summed E-state index contributed by atoms with van der Waals surface area (Å²) >= 11 is 0. The molecule has 2 aromatic rings. The van der Waals surface area contributed by atoms with Crippen molar-refractivity contribution < 1.29 is 19.0 Å². The molecule has 24 heavy (non-hydrogen) atoms. The van der Waals surface area contributed by atoms with E-state index in [-0.39, 0.29) is 18.4 Å². The van der Waals surface area contributed by atoms with Crippen molar-refractivity contribution in [1.29, 1.82) is 0 Å². The number of nitrogens with one attached hydrogen (secondary N) is 1. The molecule has 1 atom stereocenters. The van der Waals surface area contributed by atoms with E-state index in [2.05, 4.69) is 5.32 Å². The Morgan fingerprint density at radius 2 is 1.62 bits per heavy atom. The first-order valence-corrected chi connectivity index (χ1v) is 7.72. The first-order chi connectivity index (χ1) is 11.6. The molecule has 0 aliphatic heterocycles. The molecule has 0 saturated carbocycles. The Hall–Kier alpha value is -2.69. The maximum absolute atomic E-state index is 12.3. The molecule has 0 saturated heterocycles. The van der Waals surface area contributed by atoms with Gasteiger partial charge in [0.15, 0.2) is 11.5 Å². The van der Waals surface area contributed by atoms with Crippen LogP contribution in [0, 0.1) is 0 Å². The summed E-state index contributed by atoms with van der Waals surface area (Å²) in [6, 6.07) is 13.0. The number of ether oxygens (including phenoxy) is 3. The summed E-state index contributed by atoms with van der Waals surface area (Å²) in [4.78, 5) is 12.3. The minimum Gasteiger partial charge on any atom is -0.496 e. The highest BCUT2D eigenvalue weighted by Gasteiger charge is 2.14.